The molecular formula is C12H16N4O2. The Morgan fingerprint density at radius 1 is 1.72 bits per heavy atom. The minimum atomic E-state index is -0.377. The molecule has 18 heavy (non-hydrogen) atoms. The number of carbonyl (C=O) groups excluding carboxylic acids is 1. The third-order valence-corrected chi connectivity index (χ3v) is 2.21. The molecule has 0 aromatic carbocycles. The summed E-state index contributed by atoms with van der Waals surface area (Å²) in [6.07, 6.45) is 5.55. The van der Waals surface area contributed by atoms with Crippen LogP contribution in [0.1, 0.15) is 12.0 Å². The quantitative estimate of drug-likeness (QED) is 0.451. The van der Waals surface area contributed by atoms with Crippen LogP contribution in [0.25, 0.3) is 6.08 Å². The van der Waals surface area contributed by atoms with Gasteiger partial charge in [-0.25, -0.2) is 0 Å². The van der Waals surface area contributed by atoms with E-state index in [1.807, 2.05) is 6.07 Å². The van der Waals surface area contributed by atoms with Gasteiger partial charge in [-0.3, -0.25) is 9.48 Å². The third-order valence-electron chi connectivity index (χ3n) is 2.21. The monoisotopic (exact) mass is 248 g/mol. The lowest BCUT2D eigenvalue weighted by Gasteiger charge is -2.03. The van der Waals surface area contributed by atoms with Crippen LogP contribution in [0.15, 0.2) is 18.0 Å². The van der Waals surface area contributed by atoms with Crippen LogP contribution >= 0.6 is 0 Å². The van der Waals surface area contributed by atoms with Crippen molar-refractivity contribution in [1.29, 1.82) is 5.26 Å². The fourth-order valence-electron chi connectivity index (χ4n) is 1.34. The fraction of sp³-hybridized carbons (Fsp3) is 0.417. The van der Waals surface area contributed by atoms with Crippen molar-refractivity contribution >= 4 is 12.0 Å². The summed E-state index contributed by atoms with van der Waals surface area (Å²) in [6, 6.07) is 1.88. The number of methoxy groups -OCH3 is 1. The van der Waals surface area contributed by atoms with Crippen molar-refractivity contribution in [3.05, 3.63) is 23.5 Å². The molecule has 96 valence electrons. The lowest BCUT2D eigenvalue weighted by molar-refractivity contribution is -0.117. The summed E-state index contributed by atoms with van der Waals surface area (Å²) in [7, 11) is 3.37. The number of nitrogens with one attached hydrogen (secondary N) is 1. The van der Waals surface area contributed by atoms with Crippen molar-refractivity contribution < 1.29 is 9.53 Å². The molecule has 0 aliphatic rings. The number of aromatic nitrogens is 2. The lowest BCUT2D eigenvalue weighted by Crippen LogP contribution is -2.26. The molecule has 0 aliphatic heterocycles. The summed E-state index contributed by atoms with van der Waals surface area (Å²) < 4.78 is 6.48. The highest BCUT2D eigenvalue weighted by Gasteiger charge is 2.08. The Bertz CT molecular complexity index is 471. The molecule has 0 aliphatic carbocycles. The van der Waals surface area contributed by atoms with Gasteiger partial charge < -0.3 is 10.1 Å². The average Bonchev–Trinajstić information content (AvgIpc) is 2.77. The van der Waals surface area contributed by atoms with Gasteiger partial charge in [0, 0.05) is 39.1 Å². The highest BCUT2D eigenvalue weighted by Crippen LogP contribution is 2.05. The Hall–Kier alpha value is -2.13. The Morgan fingerprint density at radius 2 is 2.50 bits per heavy atom. The van der Waals surface area contributed by atoms with E-state index < -0.39 is 0 Å². The molecule has 6 heteroatoms. The van der Waals surface area contributed by atoms with E-state index in [1.165, 1.54) is 6.08 Å². The maximum absolute atomic E-state index is 11.7. The molecule has 0 saturated carbocycles. The van der Waals surface area contributed by atoms with Gasteiger partial charge in [0.2, 0.25) is 0 Å². The summed E-state index contributed by atoms with van der Waals surface area (Å²) in [5.74, 6) is -0.377. The van der Waals surface area contributed by atoms with Crippen molar-refractivity contribution in [1.82, 2.24) is 15.1 Å². The van der Waals surface area contributed by atoms with Gasteiger partial charge in [0.1, 0.15) is 11.6 Å². The summed E-state index contributed by atoms with van der Waals surface area (Å²) in [5.41, 5.74) is 0.793. The molecule has 0 spiro atoms. The first-order valence-corrected chi connectivity index (χ1v) is 5.55. The van der Waals surface area contributed by atoms with E-state index in [0.717, 1.165) is 5.56 Å². The largest absolute Gasteiger partial charge is 0.385 e. The van der Waals surface area contributed by atoms with E-state index in [0.29, 0.717) is 19.6 Å². The SMILES string of the molecule is COCCCNC(=O)C(C#N)=Cc1cnn(C)c1. The number of nitrogens with zero attached hydrogens (tertiary/aromatic N) is 3. The van der Waals surface area contributed by atoms with Gasteiger partial charge >= 0.3 is 0 Å². The number of hydrogen-bond acceptors (Lipinski definition) is 4. The molecule has 0 fully saturated rings. The molecule has 1 aromatic heterocycles. The zero-order valence-corrected chi connectivity index (χ0v) is 10.5. The van der Waals surface area contributed by atoms with Crippen molar-refractivity contribution in [3.8, 4) is 6.07 Å². The molecule has 1 heterocycles. The summed E-state index contributed by atoms with van der Waals surface area (Å²) in [6.45, 7) is 1.06. The topological polar surface area (TPSA) is 79.9 Å². The molecule has 1 N–H and O–H groups in total. The van der Waals surface area contributed by atoms with Gasteiger partial charge in [-0.2, -0.15) is 10.4 Å². The molecule has 1 amide bonds. The highest BCUT2D eigenvalue weighted by molar-refractivity contribution is 6.01. The van der Waals surface area contributed by atoms with E-state index >= 15 is 0 Å². The van der Waals surface area contributed by atoms with Crippen LogP contribution in [0, 0.1) is 11.3 Å². The van der Waals surface area contributed by atoms with Crippen LogP contribution in [0.2, 0.25) is 0 Å². The van der Waals surface area contributed by atoms with Gasteiger partial charge in [-0.15, -0.1) is 0 Å². The van der Waals surface area contributed by atoms with Gasteiger partial charge in [-0.05, 0) is 12.5 Å². The minimum Gasteiger partial charge on any atom is -0.385 e. The molecule has 0 atom stereocenters. The first-order chi connectivity index (χ1) is 8.67. The maximum Gasteiger partial charge on any atom is 0.261 e. The molecule has 1 aromatic rings. The van der Waals surface area contributed by atoms with Gasteiger partial charge in [0.15, 0.2) is 0 Å². The molecule has 6 nitrogen and oxygen atoms in total. The average molecular weight is 248 g/mol. The Balaban J connectivity index is 2.58. The summed E-state index contributed by atoms with van der Waals surface area (Å²) in [4.78, 5) is 11.7. The van der Waals surface area contributed by atoms with Crippen LogP contribution < -0.4 is 5.32 Å². The number of nitriles is 1. The number of aryl methyl sites for hydroxylation is 1. The number of hydrogen-bond donors (Lipinski definition) is 1. The Labute approximate surface area is 106 Å². The van der Waals surface area contributed by atoms with E-state index in [9.17, 15) is 4.79 Å². The highest BCUT2D eigenvalue weighted by atomic mass is 16.5. The first kappa shape index (κ1) is 13.9. The second-order valence-electron chi connectivity index (χ2n) is 3.72. The molecule has 0 radical (unpaired) electrons. The van der Waals surface area contributed by atoms with Crippen LogP contribution in [-0.4, -0.2) is 35.9 Å². The number of ether oxygens (including phenoxy) is 1. The molecule has 0 bridgehead atoms. The third kappa shape index (κ3) is 4.39. The smallest absolute Gasteiger partial charge is 0.261 e. The van der Waals surface area contributed by atoms with Crippen LogP contribution in [0.4, 0.5) is 0 Å². The van der Waals surface area contributed by atoms with E-state index in [2.05, 4.69) is 10.4 Å². The molecule has 0 saturated heterocycles. The van der Waals surface area contributed by atoms with Crippen LogP contribution in [-0.2, 0) is 16.6 Å². The Kier molecular flexibility index (Phi) is 5.61. The van der Waals surface area contributed by atoms with Gasteiger partial charge in [-0.1, -0.05) is 0 Å². The van der Waals surface area contributed by atoms with Crippen LogP contribution in [0.5, 0.6) is 0 Å². The van der Waals surface area contributed by atoms with E-state index in [4.69, 9.17) is 10.00 Å². The van der Waals surface area contributed by atoms with Gasteiger partial charge in [0.05, 0.1) is 6.20 Å². The second kappa shape index (κ2) is 7.25. The lowest BCUT2D eigenvalue weighted by atomic mass is 10.2. The van der Waals surface area contributed by atoms with E-state index in [1.54, 1.807) is 31.2 Å². The number of carbonyl (C=O) groups is 1. The first-order valence-electron chi connectivity index (χ1n) is 5.55. The zero-order valence-electron chi connectivity index (χ0n) is 10.5. The van der Waals surface area contributed by atoms with E-state index in [-0.39, 0.29) is 11.5 Å². The number of amides is 1. The van der Waals surface area contributed by atoms with Crippen LogP contribution in [0.3, 0.4) is 0 Å². The van der Waals surface area contributed by atoms with Crippen molar-refractivity contribution in [2.45, 2.75) is 6.42 Å². The van der Waals surface area contributed by atoms with Crippen molar-refractivity contribution in [3.63, 3.8) is 0 Å². The zero-order chi connectivity index (χ0) is 13.4. The Morgan fingerprint density at radius 3 is 3.06 bits per heavy atom. The standard InChI is InChI=1S/C12H16N4O2/c1-16-9-10(8-15-16)6-11(7-13)12(17)14-4-3-5-18-2/h6,8-9H,3-5H2,1-2H3,(H,14,17). The maximum atomic E-state index is 11.7. The molecule has 1 rings (SSSR count). The predicted molar refractivity (Wildman–Crippen MR) is 66.3 cm³/mol. The second-order valence-corrected chi connectivity index (χ2v) is 3.72. The fourth-order valence-corrected chi connectivity index (χ4v) is 1.34. The van der Waals surface area contributed by atoms with Gasteiger partial charge in [0.25, 0.3) is 5.91 Å². The molecule has 0 unspecified atom stereocenters. The number of rotatable bonds is 6. The predicted octanol–water partition coefficient (Wildman–Crippen LogP) is 0.480. The minimum absolute atomic E-state index is 0.0698. The van der Waals surface area contributed by atoms with Crippen molar-refractivity contribution in [2.24, 2.45) is 7.05 Å². The summed E-state index contributed by atoms with van der Waals surface area (Å²) >= 11 is 0. The van der Waals surface area contributed by atoms with Crippen molar-refractivity contribution in [2.75, 3.05) is 20.3 Å². The normalized spacial score (nSPS) is 11.1. The summed E-state index contributed by atoms with van der Waals surface area (Å²) in [5, 5.41) is 15.6. The molecular weight excluding hydrogens is 232 g/mol.